The van der Waals surface area contributed by atoms with Gasteiger partial charge in [-0.05, 0) is 0 Å². The highest BCUT2D eigenvalue weighted by molar-refractivity contribution is 5.75. The Morgan fingerprint density at radius 1 is 0.833 bits per heavy atom. The summed E-state index contributed by atoms with van der Waals surface area (Å²) in [5, 5.41) is 37.2. The Balaban J connectivity index is 0. The van der Waals surface area contributed by atoms with Gasteiger partial charge in [0, 0.05) is 19.1 Å². The van der Waals surface area contributed by atoms with Crippen molar-refractivity contribution in [3.63, 3.8) is 0 Å². The van der Waals surface area contributed by atoms with Gasteiger partial charge < -0.3 is 37.6 Å². The van der Waals surface area contributed by atoms with Crippen LogP contribution in [0.5, 0.6) is 0 Å². The molecule has 0 rings (SSSR count). The molecule has 0 bridgehead atoms. The zero-order valence-electron chi connectivity index (χ0n) is 13.0. The first kappa shape index (κ1) is 24.0. The van der Waals surface area contributed by atoms with Gasteiger partial charge in [0.15, 0.2) is 0 Å². The van der Waals surface area contributed by atoms with E-state index in [1.807, 2.05) is 0 Å². The summed E-state index contributed by atoms with van der Waals surface area (Å²) in [4.78, 5) is 42.9. The molecule has 11 N–H and O–H groups in total. The average Bonchev–Trinajstić information content (AvgIpc) is 2.43. The zero-order valence-corrected chi connectivity index (χ0v) is 13.0. The molecule has 1 unspecified atom stereocenters. The van der Waals surface area contributed by atoms with Crippen LogP contribution in [0, 0.1) is 0 Å². The van der Waals surface area contributed by atoms with E-state index < -0.39 is 61.3 Å². The van der Waals surface area contributed by atoms with Crippen molar-refractivity contribution in [1.29, 1.82) is 0 Å². The molecule has 0 amide bonds. The molecule has 0 aliphatic carbocycles. The summed E-state index contributed by atoms with van der Waals surface area (Å²) in [5.74, 6) is -5.56. The van der Waals surface area contributed by atoms with Gasteiger partial charge in [-0.25, -0.2) is 0 Å². The summed E-state index contributed by atoms with van der Waals surface area (Å²) >= 11 is 0. The predicted octanol–water partition coefficient (Wildman–Crippen LogP) is -2.95. The van der Waals surface area contributed by atoms with Crippen molar-refractivity contribution in [2.75, 3.05) is 19.6 Å². The highest BCUT2D eigenvalue weighted by Crippen LogP contribution is 2.22. The van der Waals surface area contributed by atoms with E-state index in [0.717, 1.165) is 0 Å². The molecule has 0 aromatic rings. The average molecular weight is 352 g/mol. The first-order chi connectivity index (χ1) is 11.0. The van der Waals surface area contributed by atoms with Gasteiger partial charge in [0.2, 0.25) is 0 Å². The molecule has 1 atom stereocenters. The number of nitrogens with one attached hydrogen (secondary N) is 1. The molecular formula is C12H24N4O8. The first-order valence-electron chi connectivity index (χ1n) is 6.78. The van der Waals surface area contributed by atoms with Crippen molar-refractivity contribution in [3.8, 4) is 0 Å². The van der Waals surface area contributed by atoms with Crippen molar-refractivity contribution in [1.82, 2.24) is 5.32 Å². The van der Waals surface area contributed by atoms with E-state index in [-0.39, 0.29) is 0 Å². The lowest BCUT2D eigenvalue weighted by Gasteiger charge is -2.36. The lowest BCUT2D eigenvalue weighted by Crippen LogP contribution is -2.61. The Labute approximate surface area is 137 Å². The second-order valence-corrected chi connectivity index (χ2v) is 4.83. The molecular weight excluding hydrogens is 328 g/mol. The molecule has 0 aliphatic rings. The van der Waals surface area contributed by atoms with Gasteiger partial charge in [-0.2, -0.15) is 0 Å². The predicted molar refractivity (Wildman–Crippen MR) is 81.2 cm³/mol. The number of carboxylic acid groups (broad SMARTS) is 4. The normalized spacial score (nSPS) is 11.8. The molecule has 12 nitrogen and oxygen atoms in total. The fraction of sp³-hybridized carbons (Fsp3) is 0.667. The topological polar surface area (TPSA) is 239 Å². The molecule has 0 aliphatic heterocycles. The van der Waals surface area contributed by atoms with Crippen LogP contribution in [0.15, 0.2) is 0 Å². The van der Waals surface area contributed by atoms with Crippen LogP contribution in [0.25, 0.3) is 0 Å². The third-order valence-electron chi connectivity index (χ3n) is 2.80. The molecule has 0 saturated carbocycles. The number of nitrogens with two attached hydrogens (primary N) is 3. The van der Waals surface area contributed by atoms with Gasteiger partial charge >= 0.3 is 23.9 Å². The summed E-state index contributed by atoms with van der Waals surface area (Å²) in [5.41, 5.74) is 13.5. The Kier molecular flexibility index (Phi) is 12.2. The van der Waals surface area contributed by atoms with Crippen LogP contribution in [0.3, 0.4) is 0 Å². The quantitative estimate of drug-likeness (QED) is 0.186. The minimum Gasteiger partial charge on any atom is -0.481 e. The van der Waals surface area contributed by atoms with Crippen LogP contribution < -0.4 is 22.5 Å². The first-order valence-corrected chi connectivity index (χ1v) is 6.78. The number of rotatable bonds is 11. The molecule has 0 saturated heterocycles. The SMILES string of the molecule is NC(CC(=O)O)C(CC(=O)O)(CC(=O)O)NCC(=O)O.NCCN. The largest absolute Gasteiger partial charge is 0.481 e. The second kappa shape index (κ2) is 12.2. The zero-order chi connectivity index (χ0) is 19.3. The maximum Gasteiger partial charge on any atom is 0.317 e. The summed E-state index contributed by atoms with van der Waals surface area (Å²) in [7, 11) is 0. The van der Waals surface area contributed by atoms with Crippen LogP contribution in [-0.4, -0.2) is 75.5 Å². The number of carboxylic acids is 4. The number of hydrogen-bond acceptors (Lipinski definition) is 8. The molecule has 0 radical (unpaired) electrons. The minimum atomic E-state index is -1.87. The lowest BCUT2D eigenvalue weighted by molar-refractivity contribution is -0.146. The lowest BCUT2D eigenvalue weighted by atomic mass is 9.82. The minimum absolute atomic E-state index is 0.597. The van der Waals surface area contributed by atoms with Crippen LogP contribution in [-0.2, 0) is 19.2 Å². The smallest absolute Gasteiger partial charge is 0.317 e. The summed E-state index contributed by atoms with van der Waals surface area (Å²) < 4.78 is 0. The number of carbonyl (C=O) groups is 4. The molecule has 0 heterocycles. The van der Waals surface area contributed by atoms with E-state index in [1.54, 1.807) is 0 Å². The Morgan fingerprint density at radius 3 is 1.50 bits per heavy atom. The van der Waals surface area contributed by atoms with Gasteiger partial charge in [0.1, 0.15) is 0 Å². The van der Waals surface area contributed by atoms with Crippen molar-refractivity contribution in [2.24, 2.45) is 17.2 Å². The third-order valence-corrected chi connectivity index (χ3v) is 2.80. The Bertz CT molecular complexity index is 425. The molecule has 24 heavy (non-hydrogen) atoms. The molecule has 140 valence electrons. The molecule has 0 fully saturated rings. The van der Waals surface area contributed by atoms with E-state index in [0.29, 0.717) is 13.1 Å². The fourth-order valence-corrected chi connectivity index (χ4v) is 1.76. The summed E-state index contributed by atoms with van der Waals surface area (Å²) in [6, 6.07) is -1.38. The Morgan fingerprint density at radius 2 is 1.25 bits per heavy atom. The van der Waals surface area contributed by atoms with Gasteiger partial charge in [0.25, 0.3) is 0 Å². The van der Waals surface area contributed by atoms with Crippen molar-refractivity contribution in [2.45, 2.75) is 30.8 Å². The molecule has 0 aromatic heterocycles. The van der Waals surface area contributed by atoms with Crippen molar-refractivity contribution in [3.05, 3.63) is 0 Å². The number of hydrogen-bond donors (Lipinski definition) is 8. The fourth-order valence-electron chi connectivity index (χ4n) is 1.76. The van der Waals surface area contributed by atoms with Crippen LogP contribution in [0.1, 0.15) is 19.3 Å². The summed E-state index contributed by atoms with van der Waals surface area (Å²) in [6.45, 7) is 0.452. The molecule has 0 spiro atoms. The van der Waals surface area contributed by atoms with E-state index >= 15 is 0 Å². The second-order valence-electron chi connectivity index (χ2n) is 4.83. The van der Waals surface area contributed by atoms with Crippen LogP contribution in [0.2, 0.25) is 0 Å². The number of aliphatic carboxylic acids is 4. The van der Waals surface area contributed by atoms with Gasteiger partial charge in [-0.1, -0.05) is 0 Å². The van der Waals surface area contributed by atoms with Crippen molar-refractivity contribution < 1.29 is 39.6 Å². The maximum atomic E-state index is 10.8. The van der Waals surface area contributed by atoms with Gasteiger partial charge in [0.05, 0.1) is 31.3 Å². The van der Waals surface area contributed by atoms with E-state index in [1.165, 1.54) is 0 Å². The summed E-state index contributed by atoms with van der Waals surface area (Å²) in [6.07, 6.45) is -2.34. The monoisotopic (exact) mass is 352 g/mol. The van der Waals surface area contributed by atoms with Crippen LogP contribution in [0.4, 0.5) is 0 Å². The standard InChI is InChI=1S/C10H16N2O8.C2H8N2/c11-5(1-6(13)14)10(2-7(15)16,3-8(17)18)12-4-9(19)20;3-1-2-4/h5,12H,1-4,11H2,(H,13,14)(H,15,16)(H,17,18)(H,19,20);1-4H2. The van der Waals surface area contributed by atoms with Crippen LogP contribution >= 0.6 is 0 Å². The Hall–Kier alpha value is -2.28. The molecule has 0 aromatic carbocycles. The van der Waals surface area contributed by atoms with E-state index in [9.17, 15) is 19.2 Å². The highest BCUT2D eigenvalue weighted by atomic mass is 16.4. The van der Waals surface area contributed by atoms with Gasteiger partial charge in [-0.15, -0.1) is 0 Å². The maximum absolute atomic E-state index is 10.8. The van der Waals surface area contributed by atoms with E-state index in [4.69, 9.17) is 37.6 Å². The third kappa shape index (κ3) is 11.3. The van der Waals surface area contributed by atoms with Gasteiger partial charge in [-0.3, -0.25) is 24.5 Å². The van der Waals surface area contributed by atoms with E-state index in [2.05, 4.69) is 5.32 Å². The van der Waals surface area contributed by atoms with Crippen molar-refractivity contribution >= 4 is 23.9 Å². The highest BCUT2D eigenvalue weighted by Gasteiger charge is 2.42. The molecule has 12 heteroatoms.